The molecule has 0 bridgehead atoms. The number of aromatic nitrogens is 2. The molecule has 94 valence electrons. The molecule has 1 aromatic carbocycles. The third-order valence-electron chi connectivity index (χ3n) is 3.21. The van der Waals surface area contributed by atoms with Crippen LogP contribution in [-0.4, -0.2) is 17.1 Å². The fourth-order valence-corrected chi connectivity index (χ4v) is 2.36. The number of hydrogen-bond donors (Lipinski definition) is 1. The summed E-state index contributed by atoms with van der Waals surface area (Å²) in [6.45, 7) is 6.23. The molecule has 0 spiro atoms. The molecule has 0 radical (unpaired) electrons. The van der Waals surface area contributed by atoms with Crippen molar-refractivity contribution in [3.8, 4) is 17.0 Å². The Kier molecular flexibility index (Phi) is 3.48. The van der Waals surface area contributed by atoms with E-state index in [9.17, 15) is 0 Å². The Bertz CT molecular complexity index is 647. The first kappa shape index (κ1) is 12.8. The number of H-pyrrole nitrogens is 1. The fourth-order valence-electron chi connectivity index (χ4n) is 2.19. The summed E-state index contributed by atoms with van der Waals surface area (Å²) in [5.41, 5.74) is 5.67. The van der Waals surface area contributed by atoms with Gasteiger partial charge in [-0.1, -0.05) is 0 Å². The van der Waals surface area contributed by atoms with E-state index in [2.05, 4.69) is 36.8 Å². The van der Waals surface area contributed by atoms with Crippen LogP contribution in [0.5, 0.6) is 5.75 Å². The molecule has 1 heterocycles. The summed E-state index contributed by atoms with van der Waals surface area (Å²) in [5.74, 6) is 0.918. The molecule has 0 aliphatic rings. The molecule has 0 aliphatic heterocycles. The van der Waals surface area contributed by atoms with E-state index in [0.717, 1.165) is 22.6 Å². The minimum atomic E-state index is 0.500. The maximum atomic E-state index is 5.38. The minimum Gasteiger partial charge on any atom is -0.496 e. The summed E-state index contributed by atoms with van der Waals surface area (Å²) in [4.78, 5) is 7.15. The number of methoxy groups -OCH3 is 1. The molecule has 0 aliphatic carbocycles. The highest BCUT2D eigenvalue weighted by Crippen LogP contribution is 2.33. The van der Waals surface area contributed by atoms with Crippen molar-refractivity contribution in [3.63, 3.8) is 0 Å². The predicted molar refractivity (Wildman–Crippen MR) is 75.6 cm³/mol. The molecule has 2 rings (SSSR count). The van der Waals surface area contributed by atoms with Crippen molar-refractivity contribution < 1.29 is 4.74 Å². The van der Waals surface area contributed by atoms with Crippen LogP contribution < -0.4 is 4.74 Å². The topological polar surface area (TPSA) is 37.9 Å². The van der Waals surface area contributed by atoms with Gasteiger partial charge in [0.15, 0.2) is 4.77 Å². The number of ether oxygens (including phenoxy) is 1. The van der Waals surface area contributed by atoms with E-state index in [1.807, 2.05) is 6.07 Å². The Hall–Kier alpha value is -1.68. The number of aryl methyl sites for hydroxylation is 1. The van der Waals surface area contributed by atoms with Crippen LogP contribution in [0, 0.1) is 25.5 Å². The Labute approximate surface area is 112 Å². The lowest BCUT2D eigenvalue weighted by atomic mass is 9.95. The third-order valence-corrected chi connectivity index (χ3v) is 3.42. The lowest BCUT2D eigenvalue weighted by Gasteiger charge is -2.15. The van der Waals surface area contributed by atoms with Crippen molar-refractivity contribution >= 4 is 12.2 Å². The number of aromatic amines is 1. The number of hydrogen-bond acceptors (Lipinski definition) is 3. The van der Waals surface area contributed by atoms with E-state index in [1.54, 1.807) is 13.3 Å². The second-order valence-corrected chi connectivity index (χ2v) is 4.70. The second kappa shape index (κ2) is 4.90. The lowest BCUT2D eigenvalue weighted by molar-refractivity contribution is 0.411. The van der Waals surface area contributed by atoms with Crippen LogP contribution in [-0.2, 0) is 0 Å². The van der Waals surface area contributed by atoms with Crippen LogP contribution in [0.2, 0.25) is 0 Å². The van der Waals surface area contributed by atoms with Crippen LogP contribution in [0.25, 0.3) is 11.3 Å². The van der Waals surface area contributed by atoms with Gasteiger partial charge in [0, 0.05) is 17.5 Å². The van der Waals surface area contributed by atoms with Gasteiger partial charge >= 0.3 is 0 Å². The van der Waals surface area contributed by atoms with Crippen LogP contribution >= 0.6 is 12.2 Å². The van der Waals surface area contributed by atoms with Gasteiger partial charge in [0.05, 0.1) is 7.11 Å². The number of benzene rings is 1. The zero-order valence-corrected chi connectivity index (χ0v) is 11.8. The van der Waals surface area contributed by atoms with Gasteiger partial charge in [0.1, 0.15) is 5.75 Å². The van der Waals surface area contributed by atoms with E-state index < -0.39 is 0 Å². The van der Waals surface area contributed by atoms with Gasteiger partial charge in [-0.25, -0.2) is 4.98 Å². The zero-order valence-electron chi connectivity index (χ0n) is 11.0. The van der Waals surface area contributed by atoms with Crippen molar-refractivity contribution in [1.29, 1.82) is 0 Å². The molecule has 4 heteroatoms. The SMILES string of the molecule is COc1cc(C)c(-c2ccnc(=S)[nH]2)c(C)c1C. The van der Waals surface area contributed by atoms with Crippen LogP contribution in [0.1, 0.15) is 16.7 Å². The lowest BCUT2D eigenvalue weighted by Crippen LogP contribution is -1.98. The Morgan fingerprint density at radius 1 is 1.22 bits per heavy atom. The molecule has 1 aromatic heterocycles. The normalized spacial score (nSPS) is 10.4. The van der Waals surface area contributed by atoms with Crippen molar-refractivity contribution in [1.82, 2.24) is 9.97 Å². The molecule has 0 saturated carbocycles. The maximum Gasteiger partial charge on any atom is 0.197 e. The highest BCUT2D eigenvalue weighted by molar-refractivity contribution is 7.71. The molecule has 0 fully saturated rings. The molecule has 2 aromatic rings. The highest BCUT2D eigenvalue weighted by atomic mass is 32.1. The molecule has 3 nitrogen and oxygen atoms in total. The standard InChI is InChI=1S/C14H16N2OS/c1-8-7-12(17-4)9(2)10(3)13(8)11-5-6-15-14(18)16-11/h5-7H,1-4H3,(H,15,16,18). The molecule has 18 heavy (non-hydrogen) atoms. The first-order chi connectivity index (χ1) is 8.54. The first-order valence-corrected chi connectivity index (χ1v) is 6.16. The van der Waals surface area contributed by atoms with E-state index in [4.69, 9.17) is 17.0 Å². The summed E-state index contributed by atoms with van der Waals surface area (Å²) < 4.78 is 5.88. The molecule has 0 unspecified atom stereocenters. The average Bonchev–Trinajstić information content (AvgIpc) is 2.34. The Balaban J connectivity index is 2.72. The van der Waals surface area contributed by atoms with Gasteiger partial charge in [-0.2, -0.15) is 0 Å². The molecule has 0 atom stereocenters. The molecular formula is C14H16N2OS. The number of rotatable bonds is 2. The largest absolute Gasteiger partial charge is 0.496 e. The van der Waals surface area contributed by atoms with Crippen molar-refractivity contribution in [2.24, 2.45) is 0 Å². The maximum absolute atomic E-state index is 5.38. The van der Waals surface area contributed by atoms with Gasteiger partial charge in [0.25, 0.3) is 0 Å². The van der Waals surface area contributed by atoms with Crippen molar-refractivity contribution in [2.75, 3.05) is 7.11 Å². The van der Waals surface area contributed by atoms with Crippen molar-refractivity contribution in [3.05, 3.63) is 39.8 Å². The third kappa shape index (κ3) is 2.16. The Morgan fingerprint density at radius 3 is 2.56 bits per heavy atom. The van der Waals surface area contributed by atoms with E-state index in [-0.39, 0.29) is 0 Å². The van der Waals surface area contributed by atoms with Crippen LogP contribution in [0.15, 0.2) is 18.3 Å². The summed E-state index contributed by atoms with van der Waals surface area (Å²) in [7, 11) is 1.70. The minimum absolute atomic E-state index is 0.500. The van der Waals surface area contributed by atoms with E-state index in [1.165, 1.54) is 11.1 Å². The summed E-state index contributed by atoms with van der Waals surface area (Å²) in [6.07, 6.45) is 1.73. The van der Waals surface area contributed by atoms with Gasteiger partial charge in [-0.05, 0) is 61.8 Å². The van der Waals surface area contributed by atoms with E-state index in [0.29, 0.717) is 4.77 Å². The average molecular weight is 260 g/mol. The molecular weight excluding hydrogens is 244 g/mol. The zero-order chi connectivity index (χ0) is 13.3. The van der Waals surface area contributed by atoms with Crippen LogP contribution in [0.4, 0.5) is 0 Å². The second-order valence-electron chi connectivity index (χ2n) is 4.31. The fraction of sp³-hybridized carbons (Fsp3) is 0.286. The van der Waals surface area contributed by atoms with Gasteiger partial charge in [-0.15, -0.1) is 0 Å². The molecule has 0 amide bonds. The predicted octanol–water partition coefficient (Wildman–Crippen LogP) is 3.74. The molecule has 0 saturated heterocycles. The smallest absolute Gasteiger partial charge is 0.197 e. The Morgan fingerprint density at radius 2 is 1.94 bits per heavy atom. The van der Waals surface area contributed by atoms with Gasteiger partial charge < -0.3 is 9.72 Å². The highest BCUT2D eigenvalue weighted by Gasteiger charge is 2.12. The monoisotopic (exact) mass is 260 g/mol. The van der Waals surface area contributed by atoms with Crippen molar-refractivity contribution in [2.45, 2.75) is 20.8 Å². The number of nitrogens with zero attached hydrogens (tertiary/aromatic N) is 1. The summed E-state index contributed by atoms with van der Waals surface area (Å²) in [5, 5.41) is 0. The van der Waals surface area contributed by atoms with Gasteiger partial charge in [-0.3, -0.25) is 0 Å². The number of nitrogens with one attached hydrogen (secondary N) is 1. The first-order valence-electron chi connectivity index (χ1n) is 5.75. The quantitative estimate of drug-likeness (QED) is 0.836. The molecule has 1 N–H and O–H groups in total. The van der Waals surface area contributed by atoms with Crippen LogP contribution in [0.3, 0.4) is 0 Å². The van der Waals surface area contributed by atoms with E-state index >= 15 is 0 Å². The van der Waals surface area contributed by atoms with Gasteiger partial charge in [0.2, 0.25) is 0 Å². The summed E-state index contributed by atoms with van der Waals surface area (Å²) >= 11 is 5.08. The summed E-state index contributed by atoms with van der Waals surface area (Å²) in [6, 6.07) is 3.99.